The number of ether oxygens (including phenoxy) is 2. The van der Waals surface area contributed by atoms with Gasteiger partial charge in [0.15, 0.2) is 0 Å². The van der Waals surface area contributed by atoms with E-state index >= 15 is 0 Å². The molecule has 1 aromatic heterocycles. The molecule has 0 radical (unpaired) electrons. The summed E-state index contributed by atoms with van der Waals surface area (Å²) in [5, 5.41) is 0. The van der Waals surface area contributed by atoms with Gasteiger partial charge in [-0.1, -0.05) is 0 Å². The van der Waals surface area contributed by atoms with E-state index in [1.807, 2.05) is 26.8 Å². The molecule has 5 nitrogen and oxygen atoms in total. The molecule has 0 unspecified atom stereocenters. The van der Waals surface area contributed by atoms with Crippen molar-refractivity contribution in [1.82, 2.24) is 4.90 Å². The first-order valence-electron chi connectivity index (χ1n) is 6.99. The minimum absolute atomic E-state index is 0.0109. The van der Waals surface area contributed by atoms with Gasteiger partial charge >= 0.3 is 12.1 Å². The third-order valence-corrected chi connectivity index (χ3v) is 4.39. The topological polar surface area (TPSA) is 55.8 Å². The number of carbonyl (C=O) groups excluding carboxylic acids is 2. The number of hydrogen-bond acceptors (Lipinski definition) is 5. The van der Waals surface area contributed by atoms with Crippen LogP contribution in [0.4, 0.5) is 4.79 Å². The second-order valence-electron chi connectivity index (χ2n) is 6.03. The molecule has 1 atom stereocenters. The third kappa shape index (κ3) is 3.75. The summed E-state index contributed by atoms with van der Waals surface area (Å²) in [4.78, 5) is 27.1. The molecule has 2 heterocycles. The maximum atomic E-state index is 12.3. The summed E-state index contributed by atoms with van der Waals surface area (Å²) in [6, 6.07) is 3.63. The summed E-state index contributed by atoms with van der Waals surface area (Å²) >= 11 is 1.38. The van der Waals surface area contributed by atoms with Crippen LogP contribution >= 0.6 is 11.3 Å². The van der Waals surface area contributed by atoms with Crippen molar-refractivity contribution in [2.75, 3.05) is 13.7 Å². The van der Waals surface area contributed by atoms with Crippen molar-refractivity contribution >= 4 is 23.4 Å². The van der Waals surface area contributed by atoms with Crippen LogP contribution in [0.1, 0.15) is 54.2 Å². The van der Waals surface area contributed by atoms with Crippen molar-refractivity contribution in [1.29, 1.82) is 0 Å². The molecule has 21 heavy (non-hydrogen) atoms. The molecule has 0 spiro atoms. The largest absolute Gasteiger partial charge is 0.465 e. The van der Waals surface area contributed by atoms with Crippen molar-refractivity contribution in [2.45, 2.75) is 45.3 Å². The highest BCUT2D eigenvalue weighted by molar-refractivity contribution is 7.14. The van der Waals surface area contributed by atoms with Crippen molar-refractivity contribution in [2.24, 2.45) is 0 Å². The van der Waals surface area contributed by atoms with Gasteiger partial charge in [0, 0.05) is 11.4 Å². The van der Waals surface area contributed by atoms with E-state index in [0.29, 0.717) is 11.4 Å². The summed E-state index contributed by atoms with van der Waals surface area (Å²) in [6.45, 7) is 6.26. The molecule has 0 saturated carbocycles. The first-order chi connectivity index (χ1) is 9.81. The molecule has 0 aromatic carbocycles. The minimum Gasteiger partial charge on any atom is -0.465 e. The number of nitrogens with zero attached hydrogens (tertiary/aromatic N) is 1. The van der Waals surface area contributed by atoms with Crippen LogP contribution in [-0.2, 0) is 9.47 Å². The van der Waals surface area contributed by atoms with Gasteiger partial charge in [0.1, 0.15) is 10.5 Å². The monoisotopic (exact) mass is 311 g/mol. The normalized spacial score (nSPS) is 18.7. The zero-order valence-electron chi connectivity index (χ0n) is 12.8. The number of likely N-dealkylation sites (tertiary alicyclic amines) is 1. The highest BCUT2D eigenvalue weighted by atomic mass is 32.1. The van der Waals surface area contributed by atoms with Crippen LogP contribution in [0.15, 0.2) is 12.1 Å². The molecular formula is C15H21NO4S. The van der Waals surface area contributed by atoms with Gasteiger partial charge < -0.3 is 14.4 Å². The number of rotatable bonds is 2. The first kappa shape index (κ1) is 15.8. The Kier molecular flexibility index (Phi) is 4.56. The second-order valence-corrected chi connectivity index (χ2v) is 7.14. The Morgan fingerprint density at radius 3 is 2.67 bits per heavy atom. The number of carbonyl (C=O) groups is 2. The Labute approximate surface area is 128 Å². The Bertz CT molecular complexity index is 532. The van der Waals surface area contributed by atoms with Crippen LogP contribution in [0.2, 0.25) is 0 Å². The van der Waals surface area contributed by atoms with Crippen LogP contribution in [0.5, 0.6) is 0 Å². The Balaban J connectivity index is 2.13. The van der Waals surface area contributed by atoms with E-state index in [1.54, 1.807) is 11.0 Å². The Morgan fingerprint density at radius 1 is 1.33 bits per heavy atom. The van der Waals surface area contributed by atoms with Crippen molar-refractivity contribution in [3.05, 3.63) is 21.9 Å². The lowest BCUT2D eigenvalue weighted by atomic mass is 10.2. The van der Waals surface area contributed by atoms with Gasteiger partial charge in [0.05, 0.1) is 13.2 Å². The first-order valence-corrected chi connectivity index (χ1v) is 7.81. The molecule has 1 aliphatic heterocycles. The SMILES string of the molecule is COC(=O)c1ccc([C@H]2CCCN2C(=O)OC(C)(C)C)s1. The molecule has 1 amide bonds. The summed E-state index contributed by atoms with van der Waals surface area (Å²) in [5.74, 6) is -0.340. The smallest absolute Gasteiger partial charge is 0.410 e. The average Bonchev–Trinajstić information content (AvgIpc) is 3.03. The molecule has 6 heteroatoms. The summed E-state index contributed by atoms with van der Waals surface area (Å²) in [6.07, 6.45) is 1.54. The number of amides is 1. The lowest BCUT2D eigenvalue weighted by Gasteiger charge is -2.28. The zero-order chi connectivity index (χ0) is 15.6. The Hall–Kier alpha value is -1.56. The van der Waals surface area contributed by atoms with Crippen LogP contribution in [-0.4, -0.2) is 36.2 Å². The number of methoxy groups -OCH3 is 1. The molecule has 0 bridgehead atoms. The molecule has 1 aliphatic rings. The van der Waals surface area contributed by atoms with Gasteiger partial charge in [-0.05, 0) is 45.7 Å². The second kappa shape index (κ2) is 6.05. The van der Waals surface area contributed by atoms with Gasteiger partial charge in [0.2, 0.25) is 0 Å². The summed E-state index contributed by atoms with van der Waals surface area (Å²) < 4.78 is 10.2. The van der Waals surface area contributed by atoms with E-state index in [1.165, 1.54) is 18.4 Å². The van der Waals surface area contributed by atoms with E-state index in [2.05, 4.69) is 0 Å². The Morgan fingerprint density at radius 2 is 2.05 bits per heavy atom. The average molecular weight is 311 g/mol. The van der Waals surface area contributed by atoms with Gasteiger partial charge in [-0.25, -0.2) is 9.59 Å². The maximum absolute atomic E-state index is 12.3. The highest BCUT2D eigenvalue weighted by Gasteiger charge is 2.34. The van der Waals surface area contributed by atoms with E-state index in [0.717, 1.165) is 17.7 Å². The quantitative estimate of drug-likeness (QED) is 0.783. The van der Waals surface area contributed by atoms with Crippen LogP contribution in [0, 0.1) is 0 Å². The fourth-order valence-electron chi connectivity index (χ4n) is 2.34. The van der Waals surface area contributed by atoms with Crippen molar-refractivity contribution in [3.8, 4) is 0 Å². The summed E-state index contributed by atoms with van der Waals surface area (Å²) in [5.41, 5.74) is -0.503. The molecule has 1 aromatic rings. The minimum atomic E-state index is -0.503. The van der Waals surface area contributed by atoms with E-state index < -0.39 is 5.60 Å². The van der Waals surface area contributed by atoms with Crippen LogP contribution in [0.3, 0.4) is 0 Å². The fraction of sp³-hybridized carbons (Fsp3) is 0.600. The highest BCUT2D eigenvalue weighted by Crippen LogP contribution is 2.36. The van der Waals surface area contributed by atoms with E-state index in [4.69, 9.17) is 9.47 Å². The molecular weight excluding hydrogens is 290 g/mol. The predicted octanol–water partition coefficient (Wildman–Crippen LogP) is 3.61. The van der Waals surface area contributed by atoms with Gasteiger partial charge in [-0.15, -0.1) is 11.3 Å². The van der Waals surface area contributed by atoms with E-state index in [-0.39, 0.29) is 18.1 Å². The molecule has 0 N–H and O–H groups in total. The molecule has 116 valence electrons. The lowest BCUT2D eigenvalue weighted by molar-refractivity contribution is 0.0227. The zero-order valence-corrected chi connectivity index (χ0v) is 13.7. The number of hydrogen-bond donors (Lipinski definition) is 0. The van der Waals surface area contributed by atoms with Crippen molar-refractivity contribution < 1.29 is 19.1 Å². The fourth-order valence-corrected chi connectivity index (χ4v) is 3.42. The summed E-state index contributed by atoms with van der Waals surface area (Å²) in [7, 11) is 1.37. The van der Waals surface area contributed by atoms with Gasteiger partial charge in [0.25, 0.3) is 0 Å². The standard InChI is InChI=1S/C15H21NO4S/c1-15(2,3)20-14(18)16-9-5-6-10(16)11-7-8-12(21-11)13(17)19-4/h7-8,10H,5-6,9H2,1-4H3/t10-/m1/s1. The maximum Gasteiger partial charge on any atom is 0.410 e. The third-order valence-electron chi connectivity index (χ3n) is 3.22. The van der Waals surface area contributed by atoms with Crippen molar-refractivity contribution in [3.63, 3.8) is 0 Å². The van der Waals surface area contributed by atoms with Gasteiger partial charge in [-0.2, -0.15) is 0 Å². The predicted molar refractivity (Wildman–Crippen MR) is 80.6 cm³/mol. The van der Waals surface area contributed by atoms with Crippen LogP contribution < -0.4 is 0 Å². The molecule has 0 aliphatic carbocycles. The number of esters is 1. The van der Waals surface area contributed by atoms with Gasteiger partial charge in [-0.3, -0.25) is 0 Å². The van der Waals surface area contributed by atoms with Crippen LogP contribution in [0.25, 0.3) is 0 Å². The number of thiophene rings is 1. The lowest BCUT2D eigenvalue weighted by Crippen LogP contribution is -2.36. The molecule has 1 saturated heterocycles. The van der Waals surface area contributed by atoms with E-state index in [9.17, 15) is 9.59 Å². The molecule has 2 rings (SSSR count). The molecule has 1 fully saturated rings.